The Labute approximate surface area is 101 Å². The molecule has 1 aromatic rings. The van der Waals surface area contributed by atoms with E-state index in [0.717, 1.165) is 13.0 Å². The maximum Gasteiger partial charge on any atom is 0.331 e. The van der Waals surface area contributed by atoms with Crippen LogP contribution >= 0.6 is 0 Å². The zero-order chi connectivity index (χ0) is 12.7. The van der Waals surface area contributed by atoms with Crippen LogP contribution in [0.2, 0.25) is 0 Å². The van der Waals surface area contributed by atoms with E-state index in [2.05, 4.69) is 11.9 Å². The Morgan fingerprint density at radius 3 is 3.00 bits per heavy atom. The van der Waals surface area contributed by atoms with Gasteiger partial charge in [0.15, 0.2) is 0 Å². The Bertz CT molecular complexity index is 396. The zero-order valence-electron chi connectivity index (χ0n) is 10.1. The van der Waals surface area contributed by atoms with Crippen LogP contribution in [-0.2, 0) is 11.3 Å². The van der Waals surface area contributed by atoms with Crippen LogP contribution in [0.25, 0.3) is 6.08 Å². The molecule has 0 spiro atoms. The first-order valence-corrected chi connectivity index (χ1v) is 5.83. The number of carbonyl (C=O) groups is 1. The predicted octanol–water partition coefficient (Wildman–Crippen LogP) is 1.50. The molecule has 0 unspecified atom stereocenters. The van der Waals surface area contributed by atoms with E-state index in [1.54, 1.807) is 12.4 Å². The van der Waals surface area contributed by atoms with Gasteiger partial charge in [-0.25, -0.2) is 9.78 Å². The van der Waals surface area contributed by atoms with E-state index in [-0.39, 0.29) is 0 Å². The minimum atomic E-state index is -0.900. The van der Waals surface area contributed by atoms with Crippen LogP contribution in [0, 0.1) is 0 Å². The van der Waals surface area contributed by atoms with Gasteiger partial charge in [-0.1, -0.05) is 6.92 Å². The van der Waals surface area contributed by atoms with Crippen molar-refractivity contribution in [2.75, 3.05) is 6.54 Å². The van der Waals surface area contributed by atoms with Crippen molar-refractivity contribution in [3.8, 4) is 0 Å². The van der Waals surface area contributed by atoms with Crippen molar-refractivity contribution >= 4 is 12.0 Å². The maximum atomic E-state index is 11.0. The first-order valence-electron chi connectivity index (χ1n) is 5.83. The Morgan fingerprint density at radius 2 is 2.41 bits per heavy atom. The summed E-state index contributed by atoms with van der Waals surface area (Å²) in [5, 5.41) is 9.03. The highest BCUT2D eigenvalue weighted by molar-refractivity contribution is 5.91. The van der Waals surface area contributed by atoms with Crippen molar-refractivity contribution < 1.29 is 9.90 Å². The average molecular weight is 237 g/mol. The lowest BCUT2D eigenvalue weighted by Gasteiger charge is -1.99. The van der Waals surface area contributed by atoms with E-state index in [1.807, 2.05) is 10.8 Å². The van der Waals surface area contributed by atoms with Gasteiger partial charge in [0.05, 0.1) is 12.0 Å². The third-order valence-corrected chi connectivity index (χ3v) is 2.38. The number of nitrogens with two attached hydrogens (primary N) is 1. The molecule has 5 heteroatoms. The van der Waals surface area contributed by atoms with Crippen LogP contribution in [0.5, 0.6) is 0 Å². The van der Waals surface area contributed by atoms with Crippen molar-refractivity contribution in [3.63, 3.8) is 0 Å². The van der Waals surface area contributed by atoms with Crippen LogP contribution in [0.15, 0.2) is 18.1 Å². The molecule has 0 saturated heterocycles. The SMILES string of the molecule is CCCn1cnc(/C=C(\CCCN)C(=O)O)c1. The smallest absolute Gasteiger partial charge is 0.331 e. The molecule has 0 fully saturated rings. The Hall–Kier alpha value is -1.62. The quantitative estimate of drug-likeness (QED) is 0.704. The summed E-state index contributed by atoms with van der Waals surface area (Å²) < 4.78 is 1.95. The molecule has 5 nitrogen and oxygen atoms in total. The monoisotopic (exact) mass is 237 g/mol. The fourth-order valence-electron chi connectivity index (χ4n) is 1.54. The summed E-state index contributed by atoms with van der Waals surface area (Å²) in [5.41, 5.74) is 6.42. The van der Waals surface area contributed by atoms with Gasteiger partial charge in [0, 0.05) is 18.3 Å². The van der Waals surface area contributed by atoms with Crippen molar-refractivity contribution in [2.24, 2.45) is 5.73 Å². The molecule has 3 N–H and O–H groups in total. The second kappa shape index (κ2) is 6.85. The number of nitrogens with zero attached hydrogens (tertiary/aromatic N) is 2. The Balaban J connectivity index is 2.76. The largest absolute Gasteiger partial charge is 0.478 e. The number of hydrogen-bond acceptors (Lipinski definition) is 3. The number of hydrogen-bond donors (Lipinski definition) is 2. The first kappa shape index (κ1) is 13.4. The fraction of sp³-hybridized carbons (Fsp3) is 0.500. The number of imidazole rings is 1. The van der Waals surface area contributed by atoms with E-state index in [9.17, 15) is 4.79 Å². The minimum Gasteiger partial charge on any atom is -0.478 e. The normalized spacial score (nSPS) is 11.8. The molecule has 0 aliphatic carbocycles. The molecular formula is C12H19N3O2. The standard InChI is InChI=1S/C12H19N3O2/c1-2-6-15-8-11(14-9-15)7-10(12(16)17)4-3-5-13/h7-9H,2-6,13H2,1H3,(H,16,17)/b10-7+. The van der Waals surface area contributed by atoms with Gasteiger partial charge >= 0.3 is 5.97 Å². The summed E-state index contributed by atoms with van der Waals surface area (Å²) in [5.74, 6) is -0.900. The van der Waals surface area contributed by atoms with Gasteiger partial charge in [-0.05, 0) is 31.9 Å². The molecule has 0 aliphatic heterocycles. The molecule has 17 heavy (non-hydrogen) atoms. The number of carboxylic acids is 1. The highest BCUT2D eigenvalue weighted by Gasteiger charge is 2.07. The molecule has 0 aromatic carbocycles. The van der Waals surface area contributed by atoms with E-state index in [4.69, 9.17) is 10.8 Å². The van der Waals surface area contributed by atoms with E-state index >= 15 is 0 Å². The number of carboxylic acid groups (broad SMARTS) is 1. The minimum absolute atomic E-state index is 0.359. The summed E-state index contributed by atoms with van der Waals surface area (Å²) in [4.78, 5) is 15.2. The van der Waals surface area contributed by atoms with E-state index in [0.29, 0.717) is 30.7 Å². The van der Waals surface area contributed by atoms with Crippen LogP contribution < -0.4 is 5.73 Å². The predicted molar refractivity (Wildman–Crippen MR) is 66.4 cm³/mol. The molecule has 0 amide bonds. The summed E-state index contributed by atoms with van der Waals surface area (Å²) in [6.07, 6.45) is 7.37. The zero-order valence-corrected chi connectivity index (χ0v) is 10.1. The molecule has 0 bridgehead atoms. The van der Waals surface area contributed by atoms with Gasteiger partial charge in [-0.3, -0.25) is 0 Å². The molecule has 1 heterocycles. The summed E-state index contributed by atoms with van der Waals surface area (Å²) in [6, 6.07) is 0. The topological polar surface area (TPSA) is 81.1 Å². The Kier molecular flexibility index (Phi) is 5.42. The van der Waals surface area contributed by atoms with Crippen molar-refractivity contribution in [1.82, 2.24) is 9.55 Å². The number of aromatic nitrogens is 2. The average Bonchev–Trinajstić information content (AvgIpc) is 2.72. The lowest BCUT2D eigenvalue weighted by molar-refractivity contribution is -0.132. The van der Waals surface area contributed by atoms with Gasteiger partial charge in [0.1, 0.15) is 0 Å². The first-order chi connectivity index (χ1) is 8.17. The van der Waals surface area contributed by atoms with Gasteiger partial charge in [0.2, 0.25) is 0 Å². The molecule has 94 valence electrons. The third kappa shape index (κ3) is 4.40. The van der Waals surface area contributed by atoms with Crippen molar-refractivity contribution in [3.05, 3.63) is 23.8 Å². The number of aryl methyl sites for hydroxylation is 1. The van der Waals surface area contributed by atoms with Gasteiger partial charge < -0.3 is 15.4 Å². The summed E-state index contributed by atoms with van der Waals surface area (Å²) in [6.45, 7) is 3.47. The molecule has 0 radical (unpaired) electrons. The van der Waals surface area contributed by atoms with Gasteiger partial charge in [-0.2, -0.15) is 0 Å². The van der Waals surface area contributed by atoms with Crippen LogP contribution in [0.1, 0.15) is 31.9 Å². The number of aliphatic carboxylic acids is 1. The van der Waals surface area contributed by atoms with Gasteiger partial charge in [-0.15, -0.1) is 0 Å². The van der Waals surface area contributed by atoms with Crippen LogP contribution in [0.3, 0.4) is 0 Å². The highest BCUT2D eigenvalue weighted by atomic mass is 16.4. The lowest BCUT2D eigenvalue weighted by atomic mass is 10.1. The maximum absolute atomic E-state index is 11.0. The lowest BCUT2D eigenvalue weighted by Crippen LogP contribution is -2.05. The molecule has 0 aliphatic rings. The van der Waals surface area contributed by atoms with Crippen molar-refractivity contribution in [1.29, 1.82) is 0 Å². The molecule has 1 rings (SSSR count). The summed E-state index contributed by atoms with van der Waals surface area (Å²) >= 11 is 0. The molecule has 0 saturated carbocycles. The summed E-state index contributed by atoms with van der Waals surface area (Å²) in [7, 11) is 0. The second-order valence-electron chi connectivity index (χ2n) is 3.90. The van der Waals surface area contributed by atoms with Gasteiger partial charge in [0.25, 0.3) is 0 Å². The van der Waals surface area contributed by atoms with E-state index < -0.39 is 5.97 Å². The molecule has 0 atom stereocenters. The second-order valence-corrected chi connectivity index (χ2v) is 3.90. The van der Waals surface area contributed by atoms with Crippen LogP contribution in [-0.4, -0.2) is 27.2 Å². The van der Waals surface area contributed by atoms with Crippen LogP contribution in [0.4, 0.5) is 0 Å². The highest BCUT2D eigenvalue weighted by Crippen LogP contribution is 2.10. The van der Waals surface area contributed by atoms with E-state index in [1.165, 1.54) is 0 Å². The molecule has 1 aromatic heterocycles. The Morgan fingerprint density at radius 1 is 1.65 bits per heavy atom. The number of rotatable bonds is 7. The molecular weight excluding hydrogens is 218 g/mol. The fourth-order valence-corrected chi connectivity index (χ4v) is 1.54. The van der Waals surface area contributed by atoms with Crippen molar-refractivity contribution in [2.45, 2.75) is 32.7 Å². The third-order valence-electron chi connectivity index (χ3n) is 2.38.